The predicted molar refractivity (Wildman–Crippen MR) is 119 cm³/mol. The van der Waals surface area contributed by atoms with Crippen LogP contribution in [-0.4, -0.2) is 28.2 Å². The van der Waals surface area contributed by atoms with Crippen LogP contribution in [0.3, 0.4) is 0 Å². The number of fused-ring (bicyclic) bond motifs is 1. The fourth-order valence-electron chi connectivity index (χ4n) is 3.51. The molecule has 0 saturated carbocycles. The second-order valence-corrected chi connectivity index (χ2v) is 7.71. The fourth-order valence-corrected chi connectivity index (χ4v) is 3.51. The van der Waals surface area contributed by atoms with Gasteiger partial charge in [0.25, 0.3) is 0 Å². The Morgan fingerprint density at radius 1 is 1.23 bits per heavy atom. The number of aromatic hydroxyl groups is 3. The number of carbonyl (C=O) groups is 1. The number of hydrogen-bond acceptors (Lipinski definition) is 6. The highest BCUT2D eigenvalue weighted by atomic mass is 16.5. The van der Waals surface area contributed by atoms with Crippen LogP contribution in [0.15, 0.2) is 54.3 Å². The van der Waals surface area contributed by atoms with Crippen molar-refractivity contribution in [3.8, 4) is 28.7 Å². The number of benzene rings is 2. The number of ether oxygens (including phenoxy) is 2. The molecule has 1 heterocycles. The van der Waals surface area contributed by atoms with Crippen molar-refractivity contribution in [1.29, 1.82) is 0 Å². The maximum atomic E-state index is 12.9. The minimum atomic E-state index is -0.491. The highest BCUT2D eigenvalue weighted by molar-refractivity contribution is 6.11. The summed E-state index contributed by atoms with van der Waals surface area (Å²) in [6.45, 7) is 8.04. The highest BCUT2D eigenvalue weighted by Gasteiger charge is 2.30. The van der Waals surface area contributed by atoms with Crippen LogP contribution in [-0.2, 0) is 6.42 Å². The van der Waals surface area contributed by atoms with Crippen LogP contribution in [0.4, 0.5) is 0 Å². The van der Waals surface area contributed by atoms with Crippen molar-refractivity contribution in [3.05, 3.63) is 71.0 Å². The van der Waals surface area contributed by atoms with Gasteiger partial charge in [-0.15, -0.1) is 0 Å². The Hall–Kier alpha value is -3.67. The van der Waals surface area contributed by atoms with Crippen molar-refractivity contribution in [1.82, 2.24) is 0 Å². The lowest BCUT2D eigenvalue weighted by Crippen LogP contribution is -2.19. The van der Waals surface area contributed by atoms with Crippen LogP contribution in [0.1, 0.15) is 41.8 Å². The first-order chi connectivity index (χ1) is 14.7. The summed E-state index contributed by atoms with van der Waals surface area (Å²) in [4.78, 5) is 12.9. The quantitative estimate of drug-likeness (QED) is 0.339. The Balaban J connectivity index is 1.97. The summed E-state index contributed by atoms with van der Waals surface area (Å²) in [5, 5.41) is 29.8. The minimum Gasteiger partial charge on any atom is -0.508 e. The summed E-state index contributed by atoms with van der Waals surface area (Å²) in [5.41, 5.74) is 2.26. The molecule has 1 unspecified atom stereocenters. The van der Waals surface area contributed by atoms with Gasteiger partial charge in [-0.2, -0.15) is 0 Å². The molecule has 6 nitrogen and oxygen atoms in total. The molecular weight excluding hydrogens is 396 g/mol. The first-order valence-corrected chi connectivity index (χ1v) is 9.88. The van der Waals surface area contributed by atoms with E-state index < -0.39 is 5.78 Å². The summed E-state index contributed by atoms with van der Waals surface area (Å²) < 4.78 is 11.4. The molecule has 3 rings (SSSR count). The molecule has 0 aromatic heterocycles. The normalized spacial score (nSPS) is 15.3. The summed E-state index contributed by atoms with van der Waals surface area (Å²) in [5.74, 6) is 0.296. The van der Waals surface area contributed by atoms with Gasteiger partial charge in [0.1, 0.15) is 40.1 Å². The zero-order chi connectivity index (χ0) is 22.7. The van der Waals surface area contributed by atoms with Crippen LogP contribution in [0, 0.1) is 5.92 Å². The predicted octanol–water partition coefficient (Wildman–Crippen LogP) is 5.13. The molecule has 162 valence electrons. The number of allylic oxidation sites excluding steroid dienone is 4. The third-order valence-electron chi connectivity index (χ3n) is 5.16. The van der Waals surface area contributed by atoms with E-state index in [4.69, 9.17) is 9.47 Å². The van der Waals surface area contributed by atoms with Gasteiger partial charge < -0.3 is 24.8 Å². The van der Waals surface area contributed by atoms with Crippen molar-refractivity contribution in [2.24, 2.45) is 5.92 Å². The number of phenols is 3. The van der Waals surface area contributed by atoms with E-state index in [1.807, 2.05) is 13.8 Å². The third kappa shape index (κ3) is 4.74. The molecule has 1 aliphatic rings. The van der Waals surface area contributed by atoms with Crippen molar-refractivity contribution in [3.63, 3.8) is 0 Å². The topological polar surface area (TPSA) is 96.2 Å². The van der Waals surface area contributed by atoms with Crippen LogP contribution >= 0.6 is 0 Å². The highest BCUT2D eigenvalue weighted by Crippen LogP contribution is 2.45. The van der Waals surface area contributed by atoms with Gasteiger partial charge in [0, 0.05) is 29.2 Å². The number of carbonyl (C=O) groups excluding carboxylic acids is 1. The van der Waals surface area contributed by atoms with Crippen LogP contribution in [0.5, 0.6) is 28.7 Å². The lowest BCUT2D eigenvalue weighted by Gasteiger charge is -2.28. The van der Waals surface area contributed by atoms with E-state index >= 15 is 0 Å². The molecule has 2 aromatic carbocycles. The largest absolute Gasteiger partial charge is 0.508 e. The lowest BCUT2D eigenvalue weighted by molar-refractivity contribution is 0.104. The lowest BCUT2D eigenvalue weighted by atomic mass is 9.88. The maximum absolute atomic E-state index is 12.9. The van der Waals surface area contributed by atoms with Gasteiger partial charge >= 0.3 is 0 Å². The zero-order valence-corrected chi connectivity index (χ0v) is 17.8. The number of phenolic OH excluding ortho intramolecular Hbond substituents is 3. The van der Waals surface area contributed by atoms with Crippen molar-refractivity contribution in [2.75, 3.05) is 7.11 Å². The minimum absolute atomic E-state index is 0.0212. The summed E-state index contributed by atoms with van der Waals surface area (Å²) in [7, 11) is 1.44. The van der Waals surface area contributed by atoms with Crippen molar-refractivity contribution >= 4 is 11.9 Å². The van der Waals surface area contributed by atoms with Gasteiger partial charge in [0.05, 0.1) is 7.11 Å². The van der Waals surface area contributed by atoms with Gasteiger partial charge in [-0.25, -0.2) is 0 Å². The molecular formula is C25H26O6. The Morgan fingerprint density at radius 3 is 2.61 bits per heavy atom. The molecule has 0 fully saturated rings. The molecule has 1 aliphatic heterocycles. The SMILES string of the molecule is C=C1Oc2cc(O)c(C(=O)C=Cc3ccc(O)cc3O)c(OC)c2CC1CC=C(C)C. The molecule has 3 N–H and O–H groups in total. The van der Waals surface area contributed by atoms with Crippen LogP contribution in [0.25, 0.3) is 6.08 Å². The summed E-state index contributed by atoms with van der Waals surface area (Å²) >= 11 is 0. The number of ketones is 1. The number of methoxy groups -OCH3 is 1. The summed E-state index contributed by atoms with van der Waals surface area (Å²) in [6.07, 6.45) is 6.05. The molecule has 0 radical (unpaired) electrons. The average Bonchev–Trinajstić information content (AvgIpc) is 2.70. The van der Waals surface area contributed by atoms with E-state index in [1.54, 1.807) is 0 Å². The Bertz CT molecular complexity index is 1090. The maximum Gasteiger partial charge on any atom is 0.193 e. The molecule has 0 amide bonds. The second kappa shape index (κ2) is 9.00. The molecule has 1 atom stereocenters. The van der Waals surface area contributed by atoms with Crippen molar-refractivity contribution in [2.45, 2.75) is 26.7 Å². The van der Waals surface area contributed by atoms with E-state index in [0.29, 0.717) is 29.1 Å². The van der Waals surface area contributed by atoms with Crippen LogP contribution < -0.4 is 9.47 Å². The van der Waals surface area contributed by atoms with Gasteiger partial charge in [0.15, 0.2) is 5.78 Å². The van der Waals surface area contributed by atoms with E-state index in [-0.39, 0.29) is 34.5 Å². The van der Waals surface area contributed by atoms with E-state index in [0.717, 1.165) is 6.42 Å². The Kier molecular flexibility index (Phi) is 6.39. The Labute approximate surface area is 181 Å². The molecule has 6 heteroatoms. The number of rotatable bonds is 6. The zero-order valence-electron chi connectivity index (χ0n) is 17.8. The second-order valence-electron chi connectivity index (χ2n) is 7.71. The standard InChI is InChI=1S/C25H26O6/c1-14(2)5-6-17-11-19-23(31-15(17)3)13-22(29)24(25(19)30-4)20(27)10-8-16-7-9-18(26)12-21(16)28/h5,7-10,12-13,17,26,28-29H,3,6,11H2,1-2,4H3. The third-order valence-corrected chi connectivity index (χ3v) is 5.16. The monoisotopic (exact) mass is 422 g/mol. The fraction of sp³-hybridized carbons (Fsp3) is 0.240. The molecule has 2 aromatic rings. The molecule has 0 aliphatic carbocycles. The molecule has 0 saturated heterocycles. The molecule has 0 spiro atoms. The van der Waals surface area contributed by atoms with Crippen molar-refractivity contribution < 1.29 is 29.6 Å². The van der Waals surface area contributed by atoms with Gasteiger partial charge in [0.2, 0.25) is 0 Å². The first-order valence-electron chi connectivity index (χ1n) is 9.88. The van der Waals surface area contributed by atoms with E-state index in [1.165, 1.54) is 49.1 Å². The first kappa shape index (κ1) is 22.0. The van der Waals surface area contributed by atoms with E-state index in [9.17, 15) is 20.1 Å². The summed E-state index contributed by atoms with van der Waals surface area (Å²) in [6, 6.07) is 5.46. The van der Waals surface area contributed by atoms with Gasteiger partial charge in [-0.3, -0.25) is 4.79 Å². The van der Waals surface area contributed by atoms with E-state index in [2.05, 4.69) is 12.7 Å². The average molecular weight is 422 g/mol. The number of hydrogen-bond donors (Lipinski definition) is 3. The van der Waals surface area contributed by atoms with Gasteiger partial charge in [-0.1, -0.05) is 18.2 Å². The van der Waals surface area contributed by atoms with Gasteiger partial charge in [-0.05, 0) is 51.0 Å². The smallest absolute Gasteiger partial charge is 0.193 e. The molecule has 0 bridgehead atoms. The molecule has 31 heavy (non-hydrogen) atoms. The Morgan fingerprint density at radius 2 is 1.97 bits per heavy atom. The van der Waals surface area contributed by atoms with Crippen LogP contribution in [0.2, 0.25) is 0 Å².